The van der Waals surface area contributed by atoms with Gasteiger partial charge in [-0.25, -0.2) is 4.98 Å². The second-order valence-electron chi connectivity index (χ2n) is 4.74. The highest BCUT2D eigenvalue weighted by atomic mass is 15.3. The van der Waals surface area contributed by atoms with E-state index in [1.165, 1.54) is 5.56 Å². The molecule has 19 heavy (non-hydrogen) atoms. The van der Waals surface area contributed by atoms with Gasteiger partial charge in [0.2, 0.25) is 0 Å². The number of hydrogen-bond acceptors (Lipinski definition) is 3. The van der Waals surface area contributed by atoms with Gasteiger partial charge in [0.25, 0.3) is 0 Å². The van der Waals surface area contributed by atoms with E-state index < -0.39 is 0 Å². The zero-order chi connectivity index (χ0) is 13.6. The van der Waals surface area contributed by atoms with Crippen LogP contribution in [0.2, 0.25) is 0 Å². The number of rotatable bonds is 2. The Balaban J connectivity index is 2.31. The van der Waals surface area contributed by atoms with Crippen LogP contribution in [0.3, 0.4) is 0 Å². The van der Waals surface area contributed by atoms with E-state index in [9.17, 15) is 0 Å². The Bertz CT molecular complexity index is 751. The molecular weight excluding hydrogens is 238 g/mol. The summed E-state index contributed by atoms with van der Waals surface area (Å²) >= 11 is 0. The first-order valence-electron chi connectivity index (χ1n) is 6.36. The molecule has 0 aliphatic carbocycles. The van der Waals surface area contributed by atoms with Crippen LogP contribution >= 0.6 is 0 Å². The number of hydrogen-bond donors (Lipinski definition) is 1. The van der Waals surface area contributed by atoms with Crippen LogP contribution in [-0.2, 0) is 13.6 Å². The topological polar surface area (TPSA) is 61.7 Å². The second kappa shape index (κ2) is 4.12. The van der Waals surface area contributed by atoms with Crippen molar-refractivity contribution in [2.24, 2.45) is 7.05 Å². The number of fused-ring (bicyclic) bond motifs is 1. The third-order valence-electron chi connectivity index (χ3n) is 3.45. The Morgan fingerprint density at radius 1 is 1.32 bits per heavy atom. The Hall–Kier alpha value is -2.30. The summed E-state index contributed by atoms with van der Waals surface area (Å²) < 4.78 is 3.84. The minimum atomic E-state index is 0.640. The minimum Gasteiger partial charge on any atom is -0.383 e. The number of benzene rings is 1. The number of aryl methyl sites for hydroxylation is 3. The van der Waals surface area contributed by atoms with Crippen LogP contribution in [0.4, 0.5) is 5.82 Å². The summed E-state index contributed by atoms with van der Waals surface area (Å²) in [6.07, 6.45) is 1.77. The maximum atomic E-state index is 6.06. The van der Waals surface area contributed by atoms with Gasteiger partial charge in [-0.2, -0.15) is 5.10 Å². The predicted octanol–water partition coefficient (Wildman–Crippen LogP) is 2.35. The first-order chi connectivity index (χ1) is 9.11. The molecule has 2 N–H and O–H groups in total. The molecule has 2 aromatic heterocycles. The van der Waals surface area contributed by atoms with Gasteiger partial charge < -0.3 is 10.3 Å². The van der Waals surface area contributed by atoms with Crippen molar-refractivity contribution in [3.05, 3.63) is 30.0 Å². The van der Waals surface area contributed by atoms with Gasteiger partial charge in [0, 0.05) is 13.6 Å². The monoisotopic (exact) mass is 255 g/mol. The van der Waals surface area contributed by atoms with E-state index >= 15 is 0 Å². The highest BCUT2D eigenvalue weighted by Crippen LogP contribution is 2.28. The number of aromatic nitrogens is 4. The molecule has 2 heterocycles. The fourth-order valence-corrected chi connectivity index (χ4v) is 2.38. The van der Waals surface area contributed by atoms with Gasteiger partial charge in [0.1, 0.15) is 11.6 Å². The highest BCUT2D eigenvalue weighted by molar-refractivity contribution is 5.83. The molecule has 1 aromatic carbocycles. The van der Waals surface area contributed by atoms with Crippen molar-refractivity contribution in [3.63, 3.8) is 0 Å². The van der Waals surface area contributed by atoms with Gasteiger partial charge in [0.05, 0.1) is 22.8 Å². The van der Waals surface area contributed by atoms with Gasteiger partial charge in [-0.05, 0) is 31.5 Å². The molecule has 0 saturated heterocycles. The molecule has 0 radical (unpaired) electrons. The SMILES string of the molecule is CCn1c(-c2cnn(C)c2N)nc2cc(C)ccc21. The number of imidazole rings is 1. The molecule has 0 aliphatic heterocycles. The second-order valence-corrected chi connectivity index (χ2v) is 4.74. The molecule has 5 nitrogen and oxygen atoms in total. The van der Waals surface area contributed by atoms with Crippen LogP contribution in [0.15, 0.2) is 24.4 Å². The van der Waals surface area contributed by atoms with Crippen LogP contribution in [0.5, 0.6) is 0 Å². The van der Waals surface area contributed by atoms with Crippen LogP contribution < -0.4 is 5.73 Å². The number of anilines is 1. The smallest absolute Gasteiger partial charge is 0.146 e. The quantitative estimate of drug-likeness (QED) is 0.764. The lowest BCUT2D eigenvalue weighted by Crippen LogP contribution is -2.01. The predicted molar refractivity (Wildman–Crippen MR) is 76.8 cm³/mol. The van der Waals surface area contributed by atoms with Gasteiger partial charge in [-0.1, -0.05) is 6.07 Å². The van der Waals surface area contributed by atoms with Crippen molar-refractivity contribution in [2.45, 2.75) is 20.4 Å². The number of nitrogens with two attached hydrogens (primary N) is 1. The summed E-state index contributed by atoms with van der Waals surface area (Å²) in [5, 5.41) is 4.19. The van der Waals surface area contributed by atoms with E-state index in [2.05, 4.69) is 41.7 Å². The first-order valence-corrected chi connectivity index (χ1v) is 6.36. The molecule has 5 heteroatoms. The third-order valence-corrected chi connectivity index (χ3v) is 3.45. The van der Waals surface area contributed by atoms with Gasteiger partial charge in [-0.15, -0.1) is 0 Å². The van der Waals surface area contributed by atoms with Crippen molar-refractivity contribution in [1.29, 1.82) is 0 Å². The van der Waals surface area contributed by atoms with Crippen molar-refractivity contribution in [1.82, 2.24) is 19.3 Å². The maximum absolute atomic E-state index is 6.06. The Morgan fingerprint density at radius 3 is 2.74 bits per heavy atom. The van der Waals surface area contributed by atoms with Crippen LogP contribution in [-0.4, -0.2) is 19.3 Å². The van der Waals surface area contributed by atoms with Crippen molar-refractivity contribution in [2.75, 3.05) is 5.73 Å². The lowest BCUT2D eigenvalue weighted by Gasteiger charge is -2.05. The molecule has 0 bridgehead atoms. The zero-order valence-corrected chi connectivity index (χ0v) is 11.4. The van der Waals surface area contributed by atoms with E-state index in [0.717, 1.165) is 29.0 Å². The Kier molecular flexibility index (Phi) is 2.55. The third kappa shape index (κ3) is 1.69. The summed E-state index contributed by atoms with van der Waals surface area (Å²) in [6, 6.07) is 6.31. The fraction of sp³-hybridized carbons (Fsp3) is 0.286. The number of nitrogen functional groups attached to an aromatic ring is 1. The average molecular weight is 255 g/mol. The van der Waals surface area contributed by atoms with Crippen LogP contribution in [0.25, 0.3) is 22.4 Å². The molecule has 3 rings (SSSR count). The Morgan fingerprint density at radius 2 is 2.11 bits per heavy atom. The maximum Gasteiger partial charge on any atom is 0.146 e. The molecule has 0 fully saturated rings. The molecule has 98 valence electrons. The van der Waals surface area contributed by atoms with E-state index in [-0.39, 0.29) is 0 Å². The number of nitrogens with zero attached hydrogens (tertiary/aromatic N) is 4. The molecule has 0 amide bonds. The summed E-state index contributed by atoms with van der Waals surface area (Å²) in [6.45, 7) is 5.03. The molecular formula is C14H17N5. The summed E-state index contributed by atoms with van der Waals surface area (Å²) in [4.78, 5) is 4.72. The zero-order valence-electron chi connectivity index (χ0n) is 11.4. The van der Waals surface area contributed by atoms with Crippen molar-refractivity contribution >= 4 is 16.9 Å². The summed E-state index contributed by atoms with van der Waals surface area (Å²) in [7, 11) is 1.84. The highest BCUT2D eigenvalue weighted by Gasteiger charge is 2.16. The van der Waals surface area contributed by atoms with Gasteiger partial charge >= 0.3 is 0 Å². The largest absolute Gasteiger partial charge is 0.383 e. The van der Waals surface area contributed by atoms with E-state index in [1.54, 1.807) is 10.9 Å². The summed E-state index contributed by atoms with van der Waals surface area (Å²) in [5.41, 5.74) is 10.3. The van der Waals surface area contributed by atoms with Crippen molar-refractivity contribution in [3.8, 4) is 11.4 Å². The van der Waals surface area contributed by atoms with Gasteiger partial charge in [-0.3, -0.25) is 4.68 Å². The molecule has 0 atom stereocenters. The average Bonchev–Trinajstić information content (AvgIpc) is 2.90. The first kappa shape index (κ1) is 11.8. The fourth-order valence-electron chi connectivity index (χ4n) is 2.38. The molecule has 0 spiro atoms. The van der Waals surface area contributed by atoms with Gasteiger partial charge in [0.15, 0.2) is 0 Å². The molecule has 3 aromatic rings. The van der Waals surface area contributed by atoms with Crippen molar-refractivity contribution < 1.29 is 0 Å². The Labute approximate surface area is 111 Å². The van der Waals surface area contributed by atoms with Crippen LogP contribution in [0.1, 0.15) is 12.5 Å². The lowest BCUT2D eigenvalue weighted by molar-refractivity contribution is 0.778. The van der Waals surface area contributed by atoms with E-state index in [4.69, 9.17) is 10.7 Å². The van der Waals surface area contributed by atoms with E-state index in [0.29, 0.717) is 5.82 Å². The molecule has 0 unspecified atom stereocenters. The van der Waals surface area contributed by atoms with E-state index in [1.807, 2.05) is 7.05 Å². The minimum absolute atomic E-state index is 0.640. The standard InChI is InChI=1S/C14H17N5/c1-4-19-12-6-5-9(2)7-11(12)17-14(19)10-8-16-18(3)13(10)15/h5-8H,4,15H2,1-3H3. The molecule has 0 saturated carbocycles. The molecule has 0 aliphatic rings. The summed E-state index contributed by atoms with van der Waals surface area (Å²) in [5.74, 6) is 1.52. The lowest BCUT2D eigenvalue weighted by atomic mass is 10.2. The normalized spacial score (nSPS) is 11.3. The van der Waals surface area contributed by atoms with Crippen LogP contribution in [0, 0.1) is 6.92 Å².